The Morgan fingerprint density at radius 2 is 1.90 bits per heavy atom. The zero-order chi connectivity index (χ0) is 29.7. The highest BCUT2D eigenvalue weighted by atomic mass is 16.6. The lowest BCUT2D eigenvalue weighted by Gasteiger charge is -2.27. The van der Waals surface area contributed by atoms with Crippen LogP contribution in [0.2, 0.25) is 0 Å². The molecule has 0 saturated carbocycles. The fraction of sp³-hybridized carbons (Fsp3) is 0.207. The lowest BCUT2D eigenvalue weighted by Crippen LogP contribution is -2.43. The molecule has 0 aliphatic carbocycles. The molecule has 0 bridgehead atoms. The maximum absolute atomic E-state index is 13.5. The molecule has 0 unspecified atom stereocenters. The first-order chi connectivity index (χ1) is 19.7. The second-order valence-electron chi connectivity index (χ2n) is 8.98. The van der Waals surface area contributed by atoms with Gasteiger partial charge in [-0.1, -0.05) is 18.2 Å². The number of nitro groups is 1. The second kappa shape index (κ2) is 12.1. The SMILES string of the molecule is COc1ccc(-c2nn(-c3ccccc3)cc2/C=C2/C(=O)N(CCCOC(C)=O)C(=O)C(C#N)=C2C)cc1[N+](=O)[O-]. The summed E-state index contributed by atoms with van der Waals surface area (Å²) >= 11 is 0. The molecule has 2 aromatic carbocycles. The Bertz CT molecular complexity index is 1650. The number of imide groups is 1. The number of nitrogens with zero attached hydrogens (tertiary/aromatic N) is 5. The molecular formula is C29H25N5O7. The molecule has 1 aliphatic rings. The highest BCUT2D eigenvalue weighted by Crippen LogP contribution is 2.35. The van der Waals surface area contributed by atoms with E-state index in [0.717, 1.165) is 4.90 Å². The Kier molecular flexibility index (Phi) is 8.38. The van der Waals surface area contributed by atoms with Crippen molar-refractivity contribution in [3.05, 3.63) is 87.1 Å². The minimum Gasteiger partial charge on any atom is -0.490 e. The summed E-state index contributed by atoms with van der Waals surface area (Å²) in [6.45, 7) is 2.69. The number of hydrogen-bond donors (Lipinski definition) is 0. The van der Waals surface area contributed by atoms with E-state index >= 15 is 0 Å². The molecule has 2 amide bonds. The van der Waals surface area contributed by atoms with Gasteiger partial charge in [-0.3, -0.25) is 29.4 Å². The molecule has 0 fully saturated rings. The molecule has 0 atom stereocenters. The largest absolute Gasteiger partial charge is 0.490 e. The topological polar surface area (TPSA) is 158 Å². The third kappa shape index (κ3) is 5.89. The second-order valence-corrected chi connectivity index (χ2v) is 8.98. The fourth-order valence-corrected chi connectivity index (χ4v) is 4.34. The van der Waals surface area contributed by atoms with E-state index in [0.29, 0.717) is 22.5 Å². The van der Waals surface area contributed by atoms with E-state index in [-0.39, 0.29) is 47.7 Å². The first-order valence-corrected chi connectivity index (χ1v) is 12.5. The number of nitriles is 1. The zero-order valence-corrected chi connectivity index (χ0v) is 22.5. The van der Waals surface area contributed by atoms with E-state index in [1.807, 2.05) is 36.4 Å². The number of carbonyl (C=O) groups excluding carboxylic acids is 3. The highest BCUT2D eigenvalue weighted by molar-refractivity contribution is 6.19. The molecule has 208 valence electrons. The zero-order valence-electron chi connectivity index (χ0n) is 22.5. The molecule has 12 nitrogen and oxygen atoms in total. The lowest BCUT2D eigenvalue weighted by atomic mass is 9.93. The number of nitro benzene ring substituents is 1. The van der Waals surface area contributed by atoms with Crippen molar-refractivity contribution < 1.29 is 28.8 Å². The van der Waals surface area contributed by atoms with Crippen LogP contribution in [0.1, 0.15) is 25.8 Å². The maximum atomic E-state index is 13.5. The number of carbonyl (C=O) groups is 3. The summed E-state index contributed by atoms with van der Waals surface area (Å²) in [4.78, 5) is 49.7. The minimum absolute atomic E-state index is 0.000266. The predicted octanol–water partition coefficient (Wildman–Crippen LogP) is 4.00. The normalized spacial score (nSPS) is 14.3. The number of esters is 1. The van der Waals surface area contributed by atoms with Crippen molar-refractivity contribution >= 4 is 29.5 Å². The van der Waals surface area contributed by atoms with Gasteiger partial charge in [-0.25, -0.2) is 4.68 Å². The van der Waals surface area contributed by atoms with E-state index in [1.54, 1.807) is 16.9 Å². The maximum Gasteiger partial charge on any atom is 0.311 e. The number of aromatic nitrogens is 2. The number of benzene rings is 2. The van der Waals surface area contributed by atoms with Gasteiger partial charge in [-0.2, -0.15) is 10.4 Å². The number of hydrogen-bond acceptors (Lipinski definition) is 9. The molecule has 4 rings (SSSR count). The van der Waals surface area contributed by atoms with Crippen LogP contribution in [0.4, 0.5) is 5.69 Å². The third-order valence-electron chi connectivity index (χ3n) is 6.37. The molecule has 2 heterocycles. The molecule has 41 heavy (non-hydrogen) atoms. The Morgan fingerprint density at radius 3 is 2.54 bits per heavy atom. The van der Waals surface area contributed by atoms with Gasteiger partial charge in [0.25, 0.3) is 11.8 Å². The van der Waals surface area contributed by atoms with Gasteiger partial charge >= 0.3 is 11.7 Å². The average Bonchev–Trinajstić information content (AvgIpc) is 3.39. The highest BCUT2D eigenvalue weighted by Gasteiger charge is 2.35. The molecular weight excluding hydrogens is 530 g/mol. The lowest BCUT2D eigenvalue weighted by molar-refractivity contribution is -0.385. The smallest absolute Gasteiger partial charge is 0.311 e. The number of rotatable bonds is 9. The summed E-state index contributed by atoms with van der Waals surface area (Å²) in [5, 5.41) is 26.1. The van der Waals surface area contributed by atoms with Crippen LogP contribution in [-0.2, 0) is 19.1 Å². The molecule has 1 aliphatic heterocycles. The summed E-state index contributed by atoms with van der Waals surface area (Å²) in [6.07, 6.45) is 3.36. The monoisotopic (exact) mass is 555 g/mol. The molecule has 0 spiro atoms. The summed E-state index contributed by atoms with van der Waals surface area (Å²) < 4.78 is 11.6. The van der Waals surface area contributed by atoms with Crippen LogP contribution in [0.3, 0.4) is 0 Å². The molecule has 1 aromatic heterocycles. The first kappa shape index (κ1) is 28.4. The van der Waals surface area contributed by atoms with E-state index in [9.17, 15) is 29.8 Å². The summed E-state index contributed by atoms with van der Waals surface area (Å²) in [5.74, 6) is -1.78. The van der Waals surface area contributed by atoms with Crippen molar-refractivity contribution in [2.75, 3.05) is 20.3 Å². The summed E-state index contributed by atoms with van der Waals surface area (Å²) in [6, 6.07) is 15.4. The number of para-hydroxylation sites is 1. The Morgan fingerprint density at radius 1 is 1.17 bits per heavy atom. The average molecular weight is 556 g/mol. The van der Waals surface area contributed by atoms with Gasteiger partial charge in [0.2, 0.25) is 0 Å². The van der Waals surface area contributed by atoms with E-state index in [2.05, 4.69) is 5.10 Å². The van der Waals surface area contributed by atoms with Crippen molar-refractivity contribution in [3.8, 4) is 28.8 Å². The van der Waals surface area contributed by atoms with Crippen molar-refractivity contribution in [1.82, 2.24) is 14.7 Å². The van der Waals surface area contributed by atoms with E-state index < -0.39 is 22.7 Å². The van der Waals surface area contributed by atoms with E-state index in [1.165, 1.54) is 39.2 Å². The van der Waals surface area contributed by atoms with Gasteiger partial charge in [0.1, 0.15) is 17.3 Å². The van der Waals surface area contributed by atoms with Gasteiger partial charge in [-0.05, 0) is 49.3 Å². The number of methoxy groups -OCH3 is 1. The standard InChI is InChI=1S/C29H25N5O7/c1-18-23(28(36)32(29(37)24(18)16-30)12-7-13-41-19(2)35)14-21-17-33(22-8-5-4-6-9-22)31-27(21)20-10-11-26(40-3)25(15-20)34(38)39/h4-6,8-11,14-15,17H,7,12-13H2,1-3H3/b23-14+. The number of amides is 2. The van der Waals surface area contributed by atoms with Crippen molar-refractivity contribution in [3.63, 3.8) is 0 Å². The Balaban J connectivity index is 1.86. The van der Waals surface area contributed by atoms with Gasteiger partial charge in [-0.15, -0.1) is 0 Å². The molecule has 0 saturated heterocycles. The molecule has 3 aromatic rings. The van der Waals surface area contributed by atoms with Gasteiger partial charge in [0.15, 0.2) is 5.75 Å². The van der Waals surface area contributed by atoms with Crippen LogP contribution in [0.15, 0.2) is 71.4 Å². The molecule has 0 N–H and O–H groups in total. The third-order valence-corrected chi connectivity index (χ3v) is 6.37. The van der Waals surface area contributed by atoms with Crippen LogP contribution in [0.5, 0.6) is 5.75 Å². The summed E-state index contributed by atoms with van der Waals surface area (Å²) in [7, 11) is 1.33. The quantitative estimate of drug-likeness (QED) is 0.0950. The minimum atomic E-state index is -0.735. The first-order valence-electron chi connectivity index (χ1n) is 12.5. The summed E-state index contributed by atoms with van der Waals surface area (Å²) in [5.41, 5.74) is 1.65. The van der Waals surface area contributed by atoms with Gasteiger partial charge in [0, 0.05) is 42.4 Å². The van der Waals surface area contributed by atoms with Crippen molar-refractivity contribution in [2.24, 2.45) is 0 Å². The fourth-order valence-electron chi connectivity index (χ4n) is 4.34. The van der Waals surface area contributed by atoms with Crippen LogP contribution >= 0.6 is 0 Å². The van der Waals surface area contributed by atoms with Gasteiger partial charge < -0.3 is 9.47 Å². The van der Waals surface area contributed by atoms with Crippen molar-refractivity contribution in [1.29, 1.82) is 5.26 Å². The van der Waals surface area contributed by atoms with Crippen LogP contribution in [0.25, 0.3) is 23.0 Å². The van der Waals surface area contributed by atoms with Crippen LogP contribution in [0, 0.1) is 21.4 Å². The van der Waals surface area contributed by atoms with Crippen LogP contribution in [-0.4, -0.2) is 57.6 Å². The number of ether oxygens (including phenoxy) is 2. The van der Waals surface area contributed by atoms with Crippen molar-refractivity contribution in [2.45, 2.75) is 20.3 Å². The molecule has 0 radical (unpaired) electrons. The van der Waals surface area contributed by atoms with E-state index in [4.69, 9.17) is 9.47 Å². The Labute approximate surface area is 234 Å². The predicted molar refractivity (Wildman–Crippen MR) is 146 cm³/mol. The van der Waals surface area contributed by atoms with Crippen LogP contribution < -0.4 is 4.74 Å². The molecule has 12 heteroatoms. The Hall–Kier alpha value is -5.57. The van der Waals surface area contributed by atoms with Gasteiger partial charge in [0.05, 0.1) is 24.3 Å².